The van der Waals surface area contributed by atoms with Gasteiger partial charge in [0.15, 0.2) is 5.78 Å². The van der Waals surface area contributed by atoms with E-state index >= 15 is 0 Å². The van der Waals surface area contributed by atoms with Crippen LogP contribution in [-0.4, -0.2) is 10.8 Å². The van der Waals surface area contributed by atoms with Gasteiger partial charge in [0.25, 0.3) is 0 Å². The molecule has 0 aliphatic heterocycles. The first-order chi connectivity index (χ1) is 6.16. The summed E-state index contributed by atoms with van der Waals surface area (Å²) in [4.78, 5) is 14.3. The predicted molar refractivity (Wildman–Crippen MR) is 52.7 cm³/mol. The fourth-order valence-electron chi connectivity index (χ4n) is 1.68. The van der Waals surface area contributed by atoms with E-state index in [1.165, 1.54) is 11.3 Å². The van der Waals surface area contributed by atoms with E-state index in [1.54, 1.807) is 6.92 Å². The average molecular weight is 175 g/mol. The van der Waals surface area contributed by atoms with Crippen LogP contribution in [0.2, 0.25) is 0 Å². The Balaban J connectivity index is 2.41. The highest BCUT2D eigenvalue weighted by atomic mass is 16.1. The van der Waals surface area contributed by atoms with Crippen LogP contribution in [0.5, 0.6) is 0 Å². The Hall–Kier alpha value is -1.31. The first kappa shape index (κ1) is 8.30. The molecule has 1 aromatic rings. The van der Waals surface area contributed by atoms with Crippen molar-refractivity contribution in [1.29, 1.82) is 0 Å². The zero-order chi connectivity index (χ0) is 9.42. The summed E-state index contributed by atoms with van der Waals surface area (Å²) in [6.45, 7) is 3.76. The number of carbonyl (C=O) groups excluding carboxylic acids is 1. The molecule has 0 amide bonds. The van der Waals surface area contributed by atoms with Crippen molar-refractivity contribution in [2.75, 3.05) is 0 Å². The van der Waals surface area contributed by atoms with Crippen LogP contribution < -0.4 is 0 Å². The lowest BCUT2D eigenvalue weighted by atomic mass is 9.97. The molecule has 1 aliphatic carbocycles. The standard InChI is InChI=1S/C11H13NO/c1-7-3-4-9-6-10(8(2)13)12-11(9)5-7/h3-4,6-7,12H,5H2,1-2H3. The minimum Gasteiger partial charge on any atom is -0.355 e. The second kappa shape index (κ2) is 2.87. The van der Waals surface area contributed by atoms with Crippen molar-refractivity contribution in [1.82, 2.24) is 4.98 Å². The number of H-pyrrole nitrogens is 1. The molecule has 0 radical (unpaired) electrons. The minimum atomic E-state index is 0.107. The molecule has 1 heterocycles. The van der Waals surface area contributed by atoms with E-state index in [0.717, 1.165) is 12.1 Å². The van der Waals surface area contributed by atoms with Crippen molar-refractivity contribution < 1.29 is 4.79 Å². The number of fused-ring (bicyclic) bond motifs is 1. The molecule has 2 nitrogen and oxygen atoms in total. The quantitative estimate of drug-likeness (QED) is 0.653. The number of nitrogens with one attached hydrogen (secondary N) is 1. The molecular formula is C11H13NO. The number of ketones is 1. The molecule has 1 aliphatic rings. The van der Waals surface area contributed by atoms with Gasteiger partial charge in [0.2, 0.25) is 0 Å². The Bertz CT molecular complexity index is 373. The summed E-state index contributed by atoms with van der Waals surface area (Å²) in [7, 11) is 0. The van der Waals surface area contributed by atoms with Crippen LogP contribution in [0.1, 0.15) is 35.6 Å². The van der Waals surface area contributed by atoms with Gasteiger partial charge in [-0.3, -0.25) is 4.79 Å². The van der Waals surface area contributed by atoms with Gasteiger partial charge < -0.3 is 4.98 Å². The van der Waals surface area contributed by atoms with Crippen molar-refractivity contribution in [3.63, 3.8) is 0 Å². The van der Waals surface area contributed by atoms with E-state index in [1.807, 2.05) is 6.07 Å². The summed E-state index contributed by atoms with van der Waals surface area (Å²) in [5, 5.41) is 0. The third-order valence-corrected chi connectivity index (χ3v) is 2.44. The first-order valence-corrected chi connectivity index (χ1v) is 4.58. The van der Waals surface area contributed by atoms with Crippen LogP contribution in [0, 0.1) is 5.92 Å². The normalized spacial score (nSPS) is 20.0. The number of allylic oxidation sites excluding steroid dienone is 1. The second-order valence-electron chi connectivity index (χ2n) is 3.71. The fourth-order valence-corrected chi connectivity index (χ4v) is 1.68. The van der Waals surface area contributed by atoms with Crippen LogP contribution in [0.3, 0.4) is 0 Å². The highest BCUT2D eigenvalue weighted by molar-refractivity contribution is 5.93. The summed E-state index contributed by atoms with van der Waals surface area (Å²) in [5.41, 5.74) is 3.09. The zero-order valence-corrected chi connectivity index (χ0v) is 7.92. The Kier molecular flexibility index (Phi) is 1.83. The van der Waals surface area contributed by atoms with Crippen LogP contribution in [0.25, 0.3) is 6.08 Å². The van der Waals surface area contributed by atoms with E-state index in [0.29, 0.717) is 5.92 Å². The topological polar surface area (TPSA) is 32.9 Å². The summed E-state index contributed by atoms with van der Waals surface area (Å²) in [6, 6.07) is 1.93. The van der Waals surface area contributed by atoms with Crippen LogP contribution in [0.15, 0.2) is 12.1 Å². The molecule has 1 aromatic heterocycles. The molecule has 1 unspecified atom stereocenters. The summed E-state index contributed by atoms with van der Waals surface area (Å²) in [5.74, 6) is 0.682. The van der Waals surface area contributed by atoms with Crippen molar-refractivity contribution in [2.45, 2.75) is 20.3 Å². The summed E-state index contributed by atoms with van der Waals surface area (Å²) >= 11 is 0. The van der Waals surface area contributed by atoms with Crippen molar-refractivity contribution in [2.24, 2.45) is 5.92 Å². The molecule has 0 fully saturated rings. The molecule has 0 saturated heterocycles. The van der Waals surface area contributed by atoms with Gasteiger partial charge in [-0.05, 0) is 24.0 Å². The second-order valence-corrected chi connectivity index (χ2v) is 3.71. The van der Waals surface area contributed by atoms with E-state index in [2.05, 4.69) is 24.1 Å². The molecule has 2 heteroatoms. The van der Waals surface area contributed by atoms with Crippen LogP contribution in [0.4, 0.5) is 0 Å². The molecule has 1 atom stereocenters. The zero-order valence-electron chi connectivity index (χ0n) is 7.92. The van der Waals surface area contributed by atoms with Crippen molar-refractivity contribution >= 4 is 11.9 Å². The van der Waals surface area contributed by atoms with Gasteiger partial charge >= 0.3 is 0 Å². The fraction of sp³-hybridized carbons (Fsp3) is 0.364. The number of aromatic nitrogens is 1. The van der Waals surface area contributed by atoms with E-state index in [9.17, 15) is 4.79 Å². The van der Waals surface area contributed by atoms with E-state index in [4.69, 9.17) is 0 Å². The SMILES string of the molecule is CC(=O)c1cc2c([nH]1)CC(C)C=C2. The van der Waals surface area contributed by atoms with Crippen molar-refractivity contribution in [3.05, 3.63) is 29.1 Å². The van der Waals surface area contributed by atoms with E-state index in [-0.39, 0.29) is 5.78 Å². The maximum absolute atomic E-state index is 11.1. The largest absolute Gasteiger partial charge is 0.355 e. The molecule has 0 bridgehead atoms. The molecular weight excluding hydrogens is 162 g/mol. The lowest BCUT2D eigenvalue weighted by Crippen LogP contribution is -2.02. The third-order valence-electron chi connectivity index (χ3n) is 2.44. The number of Topliss-reactive ketones (excluding diaryl/α,β-unsaturated/α-hetero) is 1. The Morgan fingerprint density at radius 2 is 2.38 bits per heavy atom. The highest BCUT2D eigenvalue weighted by Crippen LogP contribution is 2.23. The molecule has 0 saturated carbocycles. The molecule has 13 heavy (non-hydrogen) atoms. The maximum atomic E-state index is 11.1. The minimum absolute atomic E-state index is 0.107. The maximum Gasteiger partial charge on any atom is 0.175 e. The molecule has 1 N–H and O–H groups in total. The summed E-state index contributed by atoms with van der Waals surface area (Å²) < 4.78 is 0. The monoisotopic (exact) mass is 175 g/mol. The average Bonchev–Trinajstić information content (AvgIpc) is 2.46. The highest BCUT2D eigenvalue weighted by Gasteiger charge is 2.14. The van der Waals surface area contributed by atoms with Gasteiger partial charge in [0, 0.05) is 12.6 Å². The Morgan fingerprint density at radius 1 is 1.62 bits per heavy atom. The third kappa shape index (κ3) is 1.44. The van der Waals surface area contributed by atoms with Gasteiger partial charge in [-0.15, -0.1) is 0 Å². The van der Waals surface area contributed by atoms with Crippen LogP contribution >= 0.6 is 0 Å². The molecule has 0 spiro atoms. The lowest BCUT2D eigenvalue weighted by molar-refractivity contribution is 0.101. The summed E-state index contributed by atoms with van der Waals surface area (Å²) in [6.07, 6.45) is 5.28. The first-order valence-electron chi connectivity index (χ1n) is 4.58. The number of rotatable bonds is 1. The smallest absolute Gasteiger partial charge is 0.175 e. The van der Waals surface area contributed by atoms with Gasteiger partial charge in [0.05, 0.1) is 5.69 Å². The molecule has 2 rings (SSSR count). The number of carbonyl (C=O) groups is 1. The van der Waals surface area contributed by atoms with E-state index < -0.39 is 0 Å². The van der Waals surface area contributed by atoms with Gasteiger partial charge in [-0.2, -0.15) is 0 Å². The molecule has 0 aromatic carbocycles. The number of aromatic amines is 1. The lowest BCUT2D eigenvalue weighted by Gasteiger charge is -2.10. The number of hydrogen-bond donors (Lipinski definition) is 1. The Labute approximate surface area is 77.7 Å². The predicted octanol–water partition coefficient (Wildman–Crippen LogP) is 2.42. The molecule has 68 valence electrons. The Morgan fingerprint density at radius 3 is 3.08 bits per heavy atom. The van der Waals surface area contributed by atoms with Gasteiger partial charge in [-0.25, -0.2) is 0 Å². The van der Waals surface area contributed by atoms with Crippen molar-refractivity contribution in [3.8, 4) is 0 Å². The van der Waals surface area contributed by atoms with Gasteiger partial charge in [0.1, 0.15) is 0 Å². The van der Waals surface area contributed by atoms with Gasteiger partial charge in [-0.1, -0.05) is 19.1 Å². The van der Waals surface area contributed by atoms with Crippen LogP contribution in [-0.2, 0) is 6.42 Å². The number of hydrogen-bond acceptors (Lipinski definition) is 1.